The maximum Gasteiger partial charge on any atom is 0.316 e. The summed E-state index contributed by atoms with van der Waals surface area (Å²) in [5.41, 5.74) is 2.05. The van der Waals surface area contributed by atoms with Crippen molar-refractivity contribution >= 4 is 6.08 Å². The topological polar surface area (TPSA) is 64.5 Å². The molecule has 2 rings (SSSR count). The second kappa shape index (κ2) is 12.2. The second-order valence-corrected chi connectivity index (χ2v) is 6.05. The molecule has 0 amide bonds. The standard InChI is InChI=1S/C21H28N2O3/c1-2-26-21-22-15-19(16-23-21)12-13-20(24)11-7-4-8-14-25-17-18-9-5-3-6-10-18/h3,5-6,9-10,12-13,15-16,20,24H,2,4,7-8,11,14,17H2,1H3/b13-12+. The summed E-state index contributed by atoms with van der Waals surface area (Å²) in [4.78, 5) is 8.18. The van der Waals surface area contributed by atoms with Crippen LogP contribution in [0.15, 0.2) is 48.8 Å². The number of aliphatic hydroxyl groups excluding tert-OH is 1. The number of unbranched alkanes of at least 4 members (excludes halogenated alkanes) is 2. The molecule has 5 heteroatoms. The van der Waals surface area contributed by atoms with Gasteiger partial charge in [-0.2, -0.15) is 0 Å². The van der Waals surface area contributed by atoms with E-state index in [1.807, 2.05) is 31.2 Å². The molecule has 0 aliphatic rings. The highest BCUT2D eigenvalue weighted by atomic mass is 16.5. The minimum Gasteiger partial charge on any atom is -0.464 e. The van der Waals surface area contributed by atoms with E-state index >= 15 is 0 Å². The molecule has 1 N–H and O–H groups in total. The number of aromatic nitrogens is 2. The average Bonchev–Trinajstić information content (AvgIpc) is 2.68. The Labute approximate surface area is 155 Å². The first kappa shape index (κ1) is 20.1. The fourth-order valence-electron chi connectivity index (χ4n) is 2.43. The van der Waals surface area contributed by atoms with Crippen molar-refractivity contribution in [3.63, 3.8) is 0 Å². The van der Waals surface area contributed by atoms with Crippen molar-refractivity contribution < 1.29 is 14.6 Å². The van der Waals surface area contributed by atoms with Crippen LogP contribution in [-0.2, 0) is 11.3 Å². The maximum absolute atomic E-state index is 10.0. The van der Waals surface area contributed by atoms with Crippen molar-refractivity contribution in [3.05, 3.63) is 59.9 Å². The summed E-state index contributed by atoms with van der Waals surface area (Å²) in [6, 6.07) is 10.6. The van der Waals surface area contributed by atoms with Gasteiger partial charge >= 0.3 is 6.01 Å². The van der Waals surface area contributed by atoms with E-state index < -0.39 is 6.10 Å². The number of hydrogen-bond acceptors (Lipinski definition) is 5. The van der Waals surface area contributed by atoms with Crippen LogP contribution >= 0.6 is 0 Å². The van der Waals surface area contributed by atoms with E-state index in [-0.39, 0.29) is 0 Å². The summed E-state index contributed by atoms with van der Waals surface area (Å²) in [5.74, 6) is 0. The molecule has 0 saturated heterocycles. The third-order valence-electron chi connectivity index (χ3n) is 3.83. The van der Waals surface area contributed by atoms with Gasteiger partial charge in [0.15, 0.2) is 0 Å². The summed E-state index contributed by atoms with van der Waals surface area (Å²) < 4.78 is 10.9. The molecule has 0 spiro atoms. The highest BCUT2D eigenvalue weighted by Gasteiger charge is 2.00. The molecule has 1 atom stereocenters. The van der Waals surface area contributed by atoms with E-state index in [9.17, 15) is 5.11 Å². The Bertz CT molecular complexity index is 629. The normalized spacial score (nSPS) is 12.4. The lowest BCUT2D eigenvalue weighted by Crippen LogP contribution is -2.02. The minimum atomic E-state index is -0.452. The summed E-state index contributed by atoms with van der Waals surface area (Å²) in [6.07, 6.45) is 10.3. The largest absolute Gasteiger partial charge is 0.464 e. The predicted molar refractivity (Wildman–Crippen MR) is 103 cm³/mol. The van der Waals surface area contributed by atoms with E-state index in [2.05, 4.69) is 22.1 Å². The third kappa shape index (κ3) is 8.23. The smallest absolute Gasteiger partial charge is 0.316 e. The highest BCUT2D eigenvalue weighted by molar-refractivity contribution is 5.47. The molecule has 140 valence electrons. The van der Waals surface area contributed by atoms with E-state index in [0.29, 0.717) is 19.2 Å². The number of hydrogen-bond donors (Lipinski definition) is 1. The molecular weight excluding hydrogens is 328 g/mol. The molecule has 5 nitrogen and oxygen atoms in total. The highest BCUT2D eigenvalue weighted by Crippen LogP contribution is 2.09. The first-order valence-corrected chi connectivity index (χ1v) is 9.20. The van der Waals surface area contributed by atoms with Gasteiger partial charge in [0.2, 0.25) is 0 Å². The Morgan fingerprint density at radius 1 is 1.08 bits per heavy atom. The quantitative estimate of drug-likeness (QED) is 0.582. The lowest BCUT2D eigenvalue weighted by Gasteiger charge is -2.07. The van der Waals surface area contributed by atoms with Gasteiger partial charge in [0.05, 0.1) is 19.3 Å². The molecule has 0 radical (unpaired) electrons. The average molecular weight is 356 g/mol. The molecule has 0 aliphatic heterocycles. The zero-order valence-corrected chi connectivity index (χ0v) is 15.4. The van der Waals surface area contributed by atoms with Gasteiger partial charge in [-0.15, -0.1) is 0 Å². The monoisotopic (exact) mass is 356 g/mol. The van der Waals surface area contributed by atoms with Crippen molar-refractivity contribution in [1.29, 1.82) is 0 Å². The van der Waals surface area contributed by atoms with Crippen LogP contribution in [0.1, 0.15) is 43.7 Å². The number of nitrogens with zero attached hydrogens (tertiary/aromatic N) is 2. The Hall–Kier alpha value is -2.24. The molecule has 0 saturated carbocycles. The lowest BCUT2D eigenvalue weighted by molar-refractivity contribution is 0.115. The lowest BCUT2D eigenvalue weighted by atomic mass is 10.1. The first-order valence-electron chi connectivity index (χ1n) is 9.20. The SMILES string of the molecule is CCOc1ncc(/C=C/C(O)CCCCCOCc2ccccc2)cn1. The zero-order valence-electron chi connectivity index (χ0n) is 15.4. The number of benzene rings is 1. The number of rotatable bonds is 12. The van der Waals surface area contributed by atoms with Crippen LogP contribution in [0.3, 0.4) is 0 Å². The maximum atomic E-state index is 10.0. The Morgan fingerprint density at radius 2 is 1.85 bits per heavy atom. The van der Waals surface area contributed by atoms with Gasteiger partial charge < -0.3 is 14.6 Å². The van der Waals surface area contributed by atoms with Crippen LogP contribution in [0.2, 0.25) is 0 Å². The van der Waals surface area contributed by atoms with Crippen molar-refractivity contribution in [2.45, 2.75) is 45.3 Å². The zero-order chi connectivity index (χ0) is 18.5. The van der Waals surface area contributed by atoms with Crippen molar-refractivity contribution in [2.75, 3.05) is 13.2 Å². The fourth-order valence-corrected chi connectivity index (χ4v) is 2.43. The molecule has 1 aromatic heterocycles. The van der Waals surface area contributed by atoms with Gasteiger partial charge in [-0.1, -0.05) is 55.3 Å². The van der Waals surface area contributed by atoms with Crippen LogP contribution in [-0.4, -0.2) is 34.4 Å². The number of ether oxygens (including phenoxy) is 2. The van der Waals surface area contributed by atoms with E-state index in [0.717, 1.165) is 37.9 Å². The Morgan fingerprint density at radius 3 is 2.58 bits per heavy atom. The van der Waals surface area contributed by atoms with Crippen molar-refractivity contribution in [1.82, 2.24) is 9.97 Å². The molecule has 2 aromatic rings. The molecular formula is C21H28N2O3. The molecule has 26 heavy (non-hydrogen) atoms. The Balaban J connectivity index is 1.53. The van der Waals surface area contributed by atoms with Crippen molar-refractivity contribution in [2.24, 2.45) is 0 Å². The summed E-state index contributed by atoms with van der Waals surface area (Å²) in [7, 11) is 0. The third-order valence-corrected chi connectivity index (χ3v) is 3.83. The van der Waals surface area contributed by atoms with Gasteiger partial charge in [0, 0.05) is 24.6 Å². The minimum absolute atomic E-state index is 0.375. The van der Waals surface area contributed by atoms with Gasteiger partial charge in [-0.05, 0) is 25.3 Å². The van der Waals surface area contributed by atoms with Crippen LogP contribution in [0.4, 0.5) is 0 Å². The summed E-state index contributed by atoms with van der Waals surface area (Å²) >= 11 is 0. The predicted octanol–water partition coefficient (Wildman–Crippen LogP) is 4.03. The van der Waals surface area contributed by atoms with Crippen LogP contribution in [0, 0.1) is 0 Å². The van der Waals surface area contributed by atoms with Gasteiger partial charge in [-0.25, -0.2) is 9.97 Å². The van der Waals surface area contributed by atoms with Gasteiger partial charge in [0.1, 0.15) is 0 Å². The molecule has 0 aliphatic carbocycles. The first-order chi connectivity index (χ1) is 12.8. The molecule has 1 aromatic carbocycles. The van der Waals surface area contributed by atoms with E-state index in [1.54, 1.807) is 18.5 Å². The molecule has 0 bridgehead atoms. The van der Waals surface area contributed by atoms with E-state index in [4.69, 9.17) is 9.47 Å². The van der Waals surface area contributed by atoms with Gasteiger partial charge in [0.25, 0.3) is 0 Å². The second-order valence-electron chi connectivity index (χ2n) is 6.05. The van der Waals surface area contributed by atoms with Gasteiger partial charge in [-0.3, -0.25) is 0 Å². The van der Waals surface area contributed by atoms with Crippen LogP contribution < -0.4 is 4.74 Å². The molecule has 1 unspecified atom stereocenters. The van der Waals surface area contributed by atoms with Crippen molar-refractivity contribution in [3.8, 4) is 6.01 Å². The summed E-state index contributed by atoms with van der Waals surface area (Å²) in [6.45, 7) is 3.86. The van der Waals surface area contributed by atoms with E-state index in [1.165, 1.54) is 5.56 Å². The number of aliphatic hydroxyl groups is 1. The van der Waals surface area contributed by atoms with Crippen LogP contribution in [0.25, 0.3) is 6.08 Å². The molecule has 1 heterocycles. The summed E-state index contributed by atoms with van der Waals surface area (Å²) in [5, 5.41) is 10.0. The fraction of sp³-hybridized carbons (Fsp3) is 0.429. The van der Waals surface area contributed by atoms with Crippen LogP contribution in [0.5, 0.6) is 6.01 Å². The molecule has 0 fully saturated rings. The Kier molecular flexibility index (Phi) is 9.40.